The maximum absolute atomic E-state index is 11.4. The Hall–Kier alpha value is -1.79. The first-order valence-electron chi connectivity index (χ1n) is 6.88. The molecule has 0 aromatic heterocycles. The second kappa shape index (κ2) is 5.68. The molecule has 1 unspecified atom stereocenters. The topological polar surface area (TPSA) is 85.6 Å². The Morgan fingerprint density at radius 3 is 3.05 bits per heavy atom. The van der Waals surface area contributed by atoms with E-state index < -0.39 is 0 Å². The SMILES string of the molecule is Nc1cc2c(cc1NCC1COCCO1)CCC(=O)N2. The van der Waals surface area contributed by atoms with Gasteiger partial charge in [0.15, 0.2) is 0 Å². The number of nitrogens with one attached hydrogen (secondary N) is 2. The zero-order chi connectivity index (χ0) is 13.9. The molecule has 1 amide bonds. The van der Waals surface area contributed by atoms with Crippen LogP contribution in [0.4, 0.5) is 17.1 Å². The van der Waals surface area contributed by atoms with E-state index in [-0.39, 0.29) is 12.0 Å². The summed E-state index contributed by atoms with van der Waals surface area (Å²) in [7, 11) is 0. The van der Waals surface area contributed by atoms with Gasteiger partial charge in [-0.05, 0) is 24.1 Å². The van der Waals surface area contributed by atoms with E-state index in [0.717, 1.165) is 23.4 Å². The molecule has 108 valence electrons. The van der Waals surface area contributed by atoms with E-state index in [9.17, 15) is 4.79 Å². The minimum Gasteiger partial charge on any atom is -0.397 e. The van der Waals surface area contributed by atoms with Crippen molar-refractivity contribution in [2.24, 2.45) is 0 Å². The van der Waals surface area contributed by atoms with Crippen LogP contribution in [0.2, 0.25) is 0 Å². The molecule has 0 bridgehead atoms. The number of anilines is 3. The highest BCUT2D eigenvalue weighted by Crippen LogP contribution is 2.31. The molecule has 4 N–H and O–H groups in total. The van der Waals surface area contributed by atoms with Gasteiger partial charge in [-0.2, -0.15) is 0 Å². The fraction of sp³-hybridized carbons (Fsp3) is 0.500. The van der Waals surface area contributed by atoms with Gasteiger partial charge in [0.2, 0.25) is 5.91 Å². The highest BCUT2D eigenvalue weighted by atomic mass is 16.6. The van der Waals surface area contributed by atoms with Crippen LogP contribution in [0.3, 0.4) is 0 Å². The van der Waals surface area contributed by atoms with Crippen molar-refractivity contribution in [3.63, 3.8) is 0 Å². The Kier molecular flexibility index (Phi) is 3.75. The van der Waals surface area contributed by atoms with Crippen molar-refractivity contribution in [1.82, 2.24) is 0 Å². The average molecular weight is 277 g/mol. The summed E-state index contributed by atoms with van der Waals surface area (Å²) >= 11 is 0. The Bertz CT molecular complexity index is 513. The number of hydrogen-bond donors (Lipinski definition) is 3. The van der Waals surface area contributed by atoms with E-state index in [1.165, 1.54) is 0 Å². The predicted molar refractivity (Wildman–Crippen MR) is 76.9 cm³/mol. The number of amides is 1. The minimum absolute atomic E-state index is 0.0466. The number of benzene rings is 1. The Morgan fingerprint density at radius 2 is 2.25 bits per heavy atom. The predicted octanol–water partition coefficient (Wildman–Crippen LogP) is 0.981. The third kappa shape index (κ3) is 2.86. The van der Waals surface area contributed by atoms with E-state index in [2.05, 4.69) is 10.6 Å². The van der Waals surface area contributed by atoms with Gasteiger partial charge in [0, 0.05) is 18.7 Å². The van der Waals surface area contributed by atoms with Crippen molar-refractivity contribution >= 4 is 23.0 Å². The summed E-state index contributed by atoms with van der Waals surface area (Å²) in [6.45, 7) is 2.57. The largest absolute Gasteiger partial charge is 0.397 e. The molecule has 0 radical (unpaired) electrons. The Labute approximate surface area is 117 Å². The number of rotatable bonds is 3. The van der Waals surface area contributed by atoms with E-state index in [0.29, 0.717) is 38.5 Å². The molecule has 0 saturated carbocycles. The van der Waals surface area contributed by atoms with Crippen LogP contribution in [-0.4, -0.2) is 38.4 Å². The first-order valence-corrected chi connectivity index (χ1v) is 6.88. The quantitative estimate of drug-likeness (QED) is 0.717. The number of ether oxygens (including phenoxy) is 2. The van der Waals surface area contributed by atoms with Crippen molar-refractivity contribution < 1.29 is 14.3 Å². The van der Waals surface area contributed by atoms with Gasteiger partial charge in [-0.1, -0.05) is 0 Å². The normalized spacial score (nSPS) is 22.0. The summed E-state index contributed by atoms with van der Waals surface area (Å²) in [5.41, 5.74) is 9.46. The highest BCUT2D eigenvalue weighted by molar-refractivity contribution is 5.95. The number of hydrogen-bond acceptors (Lipinski definition) is 5. The molecular formula is C14H19N3O3. The van der Waals surface area contributed by atoms with Gasteiger partial charge in [0.05, 0.1) is 37.3 Å². The van der Waals surface area contributed by atoms with Crippen LogP contribution in [0.15, 0.2) is 12.1 Å². The second-order valence-corrected chi connectivity index (χ2v) is 5.09. The molecular weight excluding hydrogens is 258 g/mol. The Balaban J connectivity index is 1.68. The molecule has 6 nitrogen and oxygen atoms in total. The second-order valence-electron chi connectivity index (χ2n) is 5.09. The van der Waals surface area contributed by atoms with Gasteiger partial charge in [0.1, 0.15) is 0 Å². The fourth-order valence-electron chi connectivity index (χ4n) is 2.48. The maximum Gasteiger partial charge on any atom is 0.224 e. The smallest absolute Gasteiger partial charge is 0.224 e. The molecule has 1 fully saturated rings. The van der Waals surface area contributed by atoms with Gasteiger partial charge < -0.3 is 25.8 Å². The lowest BCUT2D eigenvalue weighted by molar-refractivity contribution is -0.116. The lowest BCUT2D eigenvalue weighted by Crippen LogP contribution is -2.34. The third-order valence-electron chi connectivity index (χ3n) is 3.58. The van der Waals surface area contributed by atoms with Gasteiger partial charge in [-0.3, -0.25) is 4.79 Å². The molecule has 2 heterocycles. The standard InChI is InChI=1S/C14H19N3O3/c15-11-6-12-9(1-2-14(18)17-12)5-13(11)16-7-10-8-19-3-4-20-10/h5-6,10,16H,1-4,7-8,15H2,(H,17,18). The highest BCUT2D eigenvalue weighted by Gasteiger charge is 2.18. The number of nitrogens with two attached hydrogens (primary N) is 1. The van der Waals surface area contributed by atoms with Crippen LogP contribution < -0.4 is 16.4 Å². The van der Waals surface area contributed by atoms with Crippen molar-refractivity contribution in [3.05, 3.63) is 17.7 Å². The molecule has 0 aliphatic carbocycles. The molecule has 0 spiro atoms. The molecule has 2 aliphatic rings. The van der Waals surface area contributed by atoms with Crippen LogP contribution in [0.25, 0.3) is 0 Å². The lowest BCUT2D eigenvalue weighted by atomic mass is 10.0. The summed E-state index contributed by atoms with van der Waals surface area (Å²) in [6.07, 6.45) is 1.33. The first kappa shape index (κ1) is 13.2. The summed E-state index contributed by atoms with van der Waals surface area (Å²) in [6, 6.07) is 3.82. The Morgan fingerprint density at radius 1 is 1.35 bits per heavy atom. The van der Waals surface area contributed by atoms with E-state index in [1.54, 1.807) is 0 Å². The zero-order valence-corrected chi connectivity index (χ0v) is 11.3. The van der Waals surface area contributed by atoms with E-state index in [1.807, 2.05) is 12.1 Å². The van der Waals surface area contributed by atoms with Crippen molar-refractivity contribution in [1.29, 1.82) is 0 Å². The summed E-state index contributed by atoms with van der Waals surface area (Å²) in [5, 5.41) is 6.14. The minimum atomic E-state index is 0.0466. The van der Waals surface area contributed by atoms with Gasteiger partial charge in [-0.15, -0.1) is 0 Å². The number of aryl methyl sites for hydroxylation is 1. The van der Waals surface area contributed by atoms with Crippen LogP contribution in [-0.2, 0) is 20.7 Å². The average Bonchev–Trinajstić information content (AvgIpc) is 2.46. The molecule has 20 heavy (non-hydrogen) atoms. The van der Waals surface area contributed by atoms with Crippen molar-refractivity contribution in [2.75, 3.05) is 42.7 Å². The van der Waals surface area contributed by atoms with Gasteiger partial charge in [0.25, 0.3) is 0 Å². The fourth-order valence-corrected chi connectivity index (χ4v) is 2.48. The summed E-state index contributed by atoms with van der Waals surface area (Å²) in [5.74, 6) is 0.0466. The van der Waals surface area contributed by atoms with Crippen LogP contribution in [0, 0.1) is 0 Å². The molecule has 1 atom stereocenters. The third-order valence-corrected chi connectivity index (χ3v) is 3.58. The van der Waals surface area contributed by atoms with Crippen LogP contribution >= 0.6 is 0 Å². The summed E-state index contributed by atoms with van der Waals surface area (Å²) < 4.78 is 10.9. The monoisotopic (exact) mass is 277 g/mol. The van der Waals surface area contributed by atoms with Crippen LogP contribution in [0.1, 0.15) is 12.0 Å². The number of carbonyl (C=O) groups excluding carboxylic acids is 1. The molecule has 1 aromatic rings. The molecule has 2 aliphatic heterocycles. The maximum atomic E-state index is 11.4. The lowest BCUT2D eigenvalue weighted by Gasteiger charge is -2.25. The van der Waals surface area contributed by atoms with Gasteiger partial charge >= 0.3 is 0 Å². The zero-order valence-electron chi connectivity index (χ0n) is 11.3. The number of carbonyl (C=O) groups is 1. The summed E-state index contributed by atoms with van der Waals surface area (Å²) in [4.78, 5) is 11.4. The van der Waals surface area contributed by atoms with Crippen molar-refractivity contribution in [2.45, 2.75) is 18.9 Å². The first-order chi connectivity index (χ1) is 9.72. The molecule has 1 aromatic carbocycles. The molecule has 6 heteroatoms. The van der Waals surface area contributed by atoms with Crippen LogP contribution in [0.5, 0.6) is 0 Å². The van der Waals surface area contributed by atoms with Crippen molar-refractivity contribution in [3.8, 4) is 0 Å². The number of nitrogen functional groups attached to an aromatic ring is 1. The molecule has 3 rings (SSSR count). The van der Waals surface area contributed by atoms with E-state index in [4.69, 9.17) is 15.2 Å². The molecule has 1 saturated heterocycles. The van der Waals surface area contributed by atoms with E-state index >= 15 is 0 Å². The number of fused-ring (bicyclic) bond motifs is 1. The van der Waals surface area contributed by atoms with Gasteiger partial charge in [-0.25, -0.2) is 0 Å².